The van der Waals surface area contributed by atoms with Gasteiger partial charge in [-0.25, -0.2) is 4.79 Å². The van der Waals surface area contributed by atoms with Crippen LogP contribution in [0.3, 0.4) is 0 Å². The second kappa shape index (κ2) is 9.94. The molecule has 3 aromatic carbocycles. The fraction of sp³-hybridized carbons (Fsp3) is 0.231. The number of carbonyl (C=O) groups excluding carboxylic acids is 2. The maximum absolute atomic E-state index is 12.5. The van der Waals surface area contributed by atoms with Crippen LogP contribution >= 0.6 is 0 Å². The molecule has 0 aliphatic carbocycles. The van der Waals surface area contributed by atoms with E-state index < -0.39 is 5.97 Å². The number of esters is 1. The molecule has 1 N–H and O–H groups in total. The molecule has 0 atom stereocenters. The van der Waals surface area contributed by atoms with Crippen molar-refractivity contribution in [2.45, 2.75) is 33.6 Å². The molecule has 160 valence electrons. The summed E-state index contributed by atoms with van der Waals surface area (Å²) in [6.07, 6.45) is 0. The number of aryl methyl sites for hydroxylation is 2. The van der Waals surface area contributed by atoms with E-state index in [0.717, 1.165) is 22.4 Å². The van der Waals surface area contributed by atoms with Gasteiger partial charge in [-0.1, -0.05) is 43.7 Å². The smallest absolute Gasteiger partial charge is 0.349 e. The van der Waals surface area contributed by atoms with Gasteiger partial charge < -0.3 is 14.8 Å². The molecule has 0 aliphatic rings. The molecule has 31 heavy (non-hydrogen) atoms. The van der Waals surface area contributed by atoms with Crippen LogP contribution in [0.4, 0.5) is 5.69 Å². The van der Waals surface area contributed by atoms with E-state index in [4.69, 9.17) is 9.47 Å². The largest absolute Gasteiger partial charge is 0.482 e. The highest BCUT2D eigenvalue weighted by molar-refractivity contribution is 6.04. The fourth-order valence-corrected chi connectivity index (χ4v) is 3.09. The zero-order chi connectivity index (χ0) is 22.4. The van der Waals surface area contributed by atoms with E-state index in [1.165, 1.54) is 0 Å². The van der Waals surface area contributed by atoms with Gasteiger partial charge in [0.05, 0.1) is 0 Å². The minimum absolute atomic E-state index is 0.198. The zero-order valence-electron chi connectivity index (χ0n) is 18.3. The molecule has 0 bridgehead atoms. The number of amides is 1. The number of ether oxygens (including phenoxy) is 2. The van der Waals surface area contributed by atoms with Gasteiger partial charge in [-0.05, 0) is 73.4 Å². The van der Waals surface area contributed by atoms with Crippen molar-refractivity contribution in [1.29, 1.82) is 0 Å². The van der Waals surface area contributed by atoms with Crippen LogP contribution in [0.2, 0.25) is 0 Å². The second-order valence-electron chi connectivity index (χ2n) is 7.79. The predicted molar refractivity (Wildman–Crippen MR) is 122 cm³/mol. The Morgan fingerprint density at radius 2 is 1.65 bits per heavy atom. The van der Waals surface area contributed by atoms with Crippen molar-refractivity contribution in [3.05, 3.63) is 89.0 Å². The third-order valence-electron chi connectivity index (χ3n) is 4.86. The normalized spacial score (nSPS) is 10.6. The van der Waals surface area contributed by atoms with Crippen molar-refractivity contribution in [2.24, 2.45) is 0 Å². The zero-order valence-corrected chi connectivity index (χ0v) is 18.3. The number of hydrogen-bond acceptors (Lipinski definition) is 4. The van der Waals surface area contributed by atoms with Crippen molar-refractivity contribution in [1.82, 2.24) is 0 Å². The molecule has 0 saturated carbocycles. The van der Waals surface area contributed by atoms with Crippen LogP contribution in [0.15, 0.2) is 66.7 Å². The summed E-state index contributed by atoms with van der Waals surface area (Å²) in [5.41, 5.74) is 4.52. The first kappa shape index (κ1) is 22.1. The van der Waals surface area contributed by atoms with Crippen LogP contribution < -0.4 is 14.8 Å². The lowest BCUT2D eigenvalue weighted by molar-refractivity contribution is -0.136. The van der Waals surface area contributed by atoms with Gasteiger partial charge in [0, 0.05) is 11.3 Å². The topological polar surface area (TPSA) is 64.6 Å². The summed E-state index contributed by atoms with van der Waals surface area (Å²) in [5, 5.41) is 2.90. The van der Waals surface area contributed by atoms with Gasteiger partial charge >= 0.3 is 5.97 Å². The van der Waals surface area contributed by atoms with E-state index in [1.807, 2.05) is 56.3 Å². The molecule has 1 amide bonds. The van der Waals surface area contributed by atoms with Gasteiger partial charge in [-0.3, -0.25) is 4.79 Å². The Kier molecular flexibility index (Phi) is 7.08. The number of anilines is 1. The summed E-state index contributed by atoms with van der Waals surface area (Å²) in [5.74, 6) is 0.621. The van der Waals surface area contributed by atoms with Crippen LogP contribution in [0.25, 0.3) is 0 Å². The number of hydrogen-bond donors (Lipinski definition) is 1. The third-order valence-corrected chi connectivity index (χ3v) is 4.86. The highest BCUT2D eigenvalue weighted by Gasteiger charge is 2.11. The van der Waals surface area contributed by atoms with Crippen LogP contribution in [0.1, 0.15) is 46.8 Å². The maximum atomic E-state index is 12.5. The Bertz CT molecular complexity index is 1070. The highest BCUT2D eigenvalue weighted by Crippen LogP contribution is 2.21. The van der Waals surface area contributed by atoms with Gasteiger partial charge in [0.1, 0.15) is 11.5 Å². The molecular formula is C26H27NO4. The molecule has 0 saturated heterocycles. The van der Waals surface area contributed by atoms with E-state index >= 15 is 0 Å². The molecular weight excluding hydrogens is 390 g/mol. The highest BCUT2D eigenvalue weighted by atomic mass is 16.6. The molecule has 0 aliphatic heterocycles. The third kappa shape index (κ3) is 6.19. The standard InChI is InChI=1S/C26H27NO4/c1-17(2)21-6-5-7-23(15-21)30-16-25(28)31-22-11-9-20(10-12-22)26(29)27-24-13-8-18(3)14-19(24)4/h5-15,17H,16H2,1-4H3,(H,27,29). The minimum Gasteiger partial charge on any atom is -0.482 e. The Hall–Kier alpha value is -3.60. The van der Waals surface area contributed by atoms with Crippen LogP contribution in [0, 0.1) is 13.8 Å². The molecule has 5 nitrogen and oxygen atoms in total. The average molecular weight is 418 g/mol. The van der Waals surface area contributed by atoms with E-state index in [9.17, 15) is 9.59 Å². The van der Waals surface area contributed by atoms with Crippen LogP contribution in [-0.2, 0) is 4.79 Å². The first-order chi connectivity index (χ1) is 14.8. The lowest BCUT2D eigenvalue weighted by atomic mass is 10.0. The predicted octanol–water partition coefficient (Wildman–Crippen LogP) is 5.66. The van der Waals surface area contributed by atoms with Gasteiger partial charge in [-0.2, -0.15) is 0 Å². The lowest BCUT2D eigenvalue weighted by Gasteiger charge is -2.11. The molecule has 5 heteroatoms. The molecule has 3 rings (SSSR count). The first-order valence-electron chi connectivity index (χ1n) is 10.2. The molecule has 0 aromatic heterocycles. The summed E-state index contributed by atoms with van der Waals surface area (Å²) in [6, 6.07) is 19.9. The lowest BCUT2D eigenvalue weighted by Crippen LogP contribution is -2.18. The van der Waals surface area contributed by atoms with Crippen LogP contribution in [0.5, 0.6) is 11.5 Å². The summed E-state index contributed by atoms with van der Waals surface area (Å²) in [4.78, 5) is 24.6. The number of nitrogens with one attached hydrogen (secondary N) is 1. The van der Waals surface area contributed by atoms with E-state index in [2.05, 4.69) is 19.2 Å². The maximum Gasteiger partial charge on any atom is 0.349 e. The van der Waals surface area contributed by atoms with Crippen molar-refractivity contribution in [2.75, 3.05) is 11.9 Å². The molecule has 0 unspecified atom stereocenters. The average Bonchev–Trinajstić information content (AvgIpc) is 2.75. The van der Waals surface area contributed by atoms with Gasteiger partial charge in [-0.15, -0.1) is 0 Å². The summed E-state index contributed by atoms with van der Waals surface area (Å²) >= 11 is 0. The molecule has 0 fully saturated rings. The summed E-state index contributed by atoms with van der Waals surface area (Å²) in [7, 11) is 0. The van der Waals surface area contributed by atoms with Gasteiger partial charge in [0.15, 0.2) is 6.61 Å². The van der Waals surface area contributed by atoms with E-state index in [0.29, 0.717) is 23.0 Å². The van der Waals surface area contributed by atoms with Crippen LogP contribution in [-0.4, -0.2) is 18.5 Å². The molecule has 3 aromatic rings. The molecule has 0 heterocycles. The summed E-state index contributed by atoms with van der Waals surface area (Å²) in [6.45, 7) is 7.95. The Labute approximate surface area is 183 Å². The SMILES string of the molecule is Cc1ccc(NC(=O)c2ccc(OC(=O)COc3cccc(C(C)C)c3)cc2)c(C)c1. The minimum atomic E-state index is -0.512. The summed E-state index contributed by atoms with van der Waals surface area (Å²) < 4.78 is 10.8. The van der Waals surface area contributed by atoms with Gasteiger partial charge in [0.25, 0.3) is 5.91 Å². The number of benzene rings is 3. The first-order valence-corrected chi connectivity index (χ1v) is 10.2. The van der Waals surface area contributed by atoms with Crippen molar-refractivity contribution in [3.63, 3.8) is 0 Å². The Morgan fingerprint density at radius 3 is 2.32 bits per heavy atom. The second-order valence-corrected chi connectivity index (χ2v) is 7.79. The molecule has 0 spiro atoms. The number of carbonyl (C=O) groups is 2. The molecule has 0 radical (unpaired) electrons. The van der Waals surface area contributed by atoms with E-state index in [1.54, 1.807) is 24.3 Å². The fourth-order valence-electron chi connectivity index (χ4n) is 3.09. The quantitative estimate of drug-likeness (QED) is 0.398. The van der Waals surface area contributed by atoms with Crippen molar-refractivity contribution >= 4 is 17.6 Å². The van der Waals surface area contributed by atoms with Crippen molar-refractivity contribution in [3.8, 4) is 11.5 Å². The Balaban J connectivity index is 1.54. The van der Waals surface area contributed by atoms with E-state index in [-0.39, 0.29) is 12.5 Å². The Morgan fingerprint density at radius 1 is 0.903 bits per heavy atom. The monoisotopic (exact) mass is 417 g/mol. The van der Waals surface area contributed by atoms with Gasteiger partial charge in [0.2, 0.25) is 0 Å². The van der Waals surface area contributed by atoms with Crippen molar-refractivity contribution < 1.29 is 19.1 Å². The number of rotatable bonds is 7.